The molecule has 66 heavy (non-hydrogen) atoms. The predicted octanol–water partition coefficient (Wildman–Crippen LogP) is 5.18. The van der Waals surface area contributed by atoms with Gasteiger partial charge in [-0.25, -0.2) is 23.6 Å². The number of aromatic nitrogens is 1. The van der Waals surface area contributed by atoms with Gasteiger partial charge in [-0.15, -0.1) is 11.3 Å². The fraction of sp³-hybridized carbons (Fsp3) is 0.326. The number of anilines is 2. The Balaban J connectivity index is 1.03. The highest BCUT2D eigenvalue weighted by molar-refractivity contribution is 7.09. The third kappa shape index (κ3) is 13.1. The van der Waals surface area contributed by atoms with E-state index in [1.807, 2.05) is 35.7 Å². The SMILES string of the molecule is CCn1cc(C(=O)O)c(=O)c2cc(F)c(N3CCN(C(=O)OCc4ccc(NC(=O)[C@H](CCCNC(N)=O)NC(=O)[C@H](CCc5cccs5)NC(=O)OCc5ccccc5)cc4)CC3)cc21. The molecular formula is C46H51FN8O10S. The number of carbonyl (C=O) groups is 6. The average Bonchev–Trinajstić information content (AvgIpc) is 3.84. The van der Waals surface area contributed by atoms with E-state index in [1.165, 1.54) is 28.5 Å². The molecule has 18 nitrogen and oxygen atoms in total. The lowest BCUT2D eigenvalue weighted by atomic mass is 10.1. The lowest BCUT2D eigenvalue weighted by Crippen LogP contribution is -2.53. The van der Waals surface area contributed by atoms with Crippen molar-refractivity contribution in [1.29, 1.82) is 0 Å². The van der Waals surface area contributed by atoms with Gasteiger partial charge in [-0.1, -0.05) is 48.5 Å². The van der Waals surface area contributed by atoms with Gasteiger partial charge in [0.15, 0.2) is 0 Å². The third-order valence-corrected chi connectivity index (χ3v) is 11.8. The molecule has 20 heteroatoms. The van der Waals surface area contributed by atoms with Crippen molar-refractivity contribution in [1.82, 2.24) is 25.4 Å². The second kappa shape index (κ2) is 22.9. The van der Waals surface area contributed by atoms with Gasteiger partial charge in [0, 0.05) is 61.4 Å². The number of carboxylic acid groups (broad SMARTS) is 1. The highest BCUT2D eigenvalue weighted by atomic mass is 32.1. The number of nitrogens with one attached hydrogen (secondary N) is 4. The smallest absolute Gasteiger partial charge is 0.410 e. The fourth-order valence-corrected chi connectivity index (χ4v) is 8.04. The van der Waals surface area contributed by atoms with E-state index in [0.29, 0.717) is 29.7 Å². The largest absolute Gasteiger partial charge is 0.477 e. The maximum Gasteiger partial charge on any atom is 0.410 e. The number of benzene rings is 3. The standard InChI is InChI=1S/C46H51FN8O10S/c1-2-53-26-34(43(59)60)40(56)33-24-35(47)39(25-38(33)53)54-19-21-55(22-20-54)46(63)65-28-30-12-14-31(15-13-30)50-41(57)36(11-6-18-49-44(48)61)51-42(58)37(17-16-32-10-7-23-66-32)52-45(62)64-27-29-8-4-3-5-9-29/h3-5,7-10,12-15,23-26,36-37H,2,6,11,16-22,27-28H2,1H3,(H,50,57)(H,51,58)(H,52,62)(H,59,60)(H3,48,49,61)/t36-,37-/m0/s1. The van der Waals surface area contributed by atoms with Crippen LogP contribution in [-0.4, -0.2) is 95.4 Å². The van der Waals surface area contributed by atoms with Crippen LogP contribution in [0, 0.1) is 5.82 Å². The summed E-state index contributed by atoms with van der Waals surface area (Å²) in [4.78, 5) is 93.3. The number of halogens is 1. The molecule has 0 bridgehead atoms. The van der Waals surface area contributed by atoms with Crippen molar-refractivity contribution in [3.05, 3.63) is 128 Å². The van der Waals surface area contributed by atoms with Crippen LogP contribution in [0.4, 0.5) is 30.1 Å². The molecule has 7 N–H and O–H groups in total. The van der Waals surface area contributed by atoms with Crippen LogP contribution in [0.1, 0.15) is 52.5 Å². The summed E-state index contributed by atoms with van der Waals surface area (Å²) in [5.74, 6) is -3.23. The maximum absolute atomic E-state index is 15.4. The molecule has 6 rings (SSSR count). The molecule has 0 radical (unpaired) electrons. The van der Waals surface area contributed by atoms with E-state index in [9.17, 15) is 38.7 Å². The van der Waals surface area contributed by atoms with Crippen LogP contribution < -0.4 is 37.3 Å². The van der Waals surface area contributed by atoms with Gasteiger partial charge in [0.1, 0.15) is 36.7 Å². The molecule has 1 aliphatic rings. The second-order valence-corrected chi connectivity index (χ2v) is 16.4. The zero-order chi connectivity index (χ0) is 47.2. The number of piperazine rings is 1. The minimum atomic E-state index is -1.39. The van der Waals surface area contributed by atoms with Crippen molar-refractivity contribution < 1.29 is 47.7 Å². The van der Waals surface area contributed by atoms with Crippen molar-refractivity contribution >= 4 is 69.6 Å². The van der Waals surface area contributed by atoms with Crippen LogP contribution in [0.2, 0.25) is 0 Å². The Hall–Kier alpha value is -7.48. The Kier molecular flexibility index (Phi) is 16.7. The number of carboxylic acids is 1. The van der Waals surface area contributed by atoms with Crippen molar-refractivity contribution in [2.24, 2.45) is 5.73 Å². The molecule has 0 saturated carbocycles. The molecular weight excluding hydrogens is 876 g/mol. The number of fused-ring (bicyclic) bond motifs is 1. The normalized spacial score (nSPS) is 13.3. The second-order valence-electron chi connectivity index (χ2n) is 15.4. The number of alkyl carbamates (subject to hydrolysis) is 1. The monoisotopic (exact) mass is 926 g/mol. The summed E-state index contributed by atoms with van der Waals surface area (Å²) < 4.78 is 27.9. The minimum absolute atomic E-state index is 0.00655. The van der Waals surface area contributed by atoms with E-state index >= 15 is 4.39 Å². The summed E-state index contributed by atoms with van der Waals surface area (Å²) in [6, 6.07) is 19.1. The molecule has 2 atom stereocenters. The molecule has 3 heterocycles. The van der Waals surface area contributed by atoms with Gasteiger partial charge in [-0.2, -0.15) is 0 Å². The van der Waals surface area contributed by atoms with Gasteiger partial charge in [-0.3, -0.25) is 14.4 Å². The van der Waals surface area contributed by atoms with Crippen LogP contribution in [0.25, 0.3) is 10.9 Å². The molecule has 1 aliphatic heterocycles. The van der Waals surface area contributed by atoms with E-state index < -0.39 is 64.9 Å². The molecule has 2 aromatic heterocycles. The minimum Gasteiger partial charge on any atom is -0.477 e. The number of aromatic carboxylic acids is 1. The zero-order valence-electron chi connectivity index (χ0n) is 36.1. The lowest BCUT2D eigenvalue weighted by molar-refractivity contribution is -0.128. The molecule has 0 spiro atoms. The summed E-state index contributed by atoms with van der Waals surface area (Å²) in [5.41, 5.74) is 6.40. The van der Waals surface area contributed by atoms with E-state index in [1.54, 1.807) is 52.8 Å². The molecule has 1 saturated heterocycles. The van der Waals surface area contributed by atoms with Crippen molar-refractivity contribution in [2.75, 3.05) is 42.9 Å². The highest BCUT2D eigenvalue weighted by Crippen LogP contribution is 2.27. The number of hydrogen-bond acceptors (Lipinski definition) is 11. The van der Waals surface area contributed by atoms with E-state index in [2.05, 4.69) is 21.3 Å². The summed E-state index contributed by atoms with van der Waals surface area (Å²) in [6.07, 6.45) is 0.972. The van der Waals surface area contributed by atoms with E-state index in [0.717, 1.165) is 16.5 Å². The lowest BCUT2D eigenvalue weighted by Gasteiger charge is -2.35. The first kappa shape index (κ1) is 48.0. The first-order chi connectivity index (χ1) is 31.8. The van der Waals surface area contributed by atoms with Crippen LogP contribution in [0.15, 0.2) is 95.2 Å². The summed E-state index contributed by atoms with van der Waals surface area (Å²) >= 11 is 1.51. The number of pyridine rings is 1. The van der Waals surface area contributed by atoms with Crippen molar-refractivity contribution in [3.63, 3.8) is 0 Å². The van der Waals surface area contributed by atoms with Gasteiger partial charge in [0.05, 0.1) is 11.2 Å². The number of nitrogens with two attached hydrogens (primary N) is 1. The topological polar surface area (TPSA) is 244 Å². The highest BCUT2D eigenvalue weighted by Gasteiger charge is 2.29. The molecule has 348 valence electrons. The number of amides is 6. The zero-order valence-corrected chi connectivity index (χ0v) is 36.9. The van der Waals surface area contributed by atoms with Gasteiger partial charge < -0.3 is 55.9 Å². The Morgan fingerprint density at radius 1 is 0.848 bits per heavy atom. The Bertz CT molecular complexity index is 2570. The summed E-state index contributed by atoms with van der Waals surface area (Å²) in [6.45, 7) is 3.18. The summed E-state index contributed by atoms with van der Waals surface area (Å²) in [7, 11) is 0. The third-order valence-electron chi connectivity index (χ3n) is 10.9. The van der Waals surface area contributed by atoms with E-state index in [4.69, 9.17) is 15.2 Å². The first-order valence-electron chi connectivity index (χ1n) is 21.3. The number of carbonyl (C=O) groups excluding carboxylic acids is 5. The van der Waals surface area contributed by atoms with Crippen molar-refractivity contribution in [2.45, 2.75) is 64.4 Å². The van der Waals surface area contributed by atoms with Crippen molar-refractivity contribution in [3.8, 4) is 0 Å². The molecule has 0 unspecified atom stereocenters. The number of primary amides is 1. The molecule has 0 aliphatic carbocycles. The Morgan fingerprint density at radius 3 is 2.21 bits per heavy atom. The van der Waals surface area contributed by atoms with Crippen LogP contribution in [0.3, 0.4) is 0 Å². The maximum atomic E-state index is 15.4. The molecule has 3 aromatic carbocycles. The molecule has 6 amide bonds. The Labute approximate surface area is 382 Å². The number of hydrogen-bond donors (Lipinski definition) is 6. The van der Waals surface area contributed by atoms with Crippen LogP contribution in [-0.2, 0) is 45.2 Å². The van der Waals surface area contributed by atoms with Crippen LogP contribution in [0.5, 0.6) is 0 Å². The van der Waals surface area contributed by atoms with E-state index in [-0.39, 0.29) is 76.3 Å². The van der Waals surface area contributed by atoms with Gasteiger partial charge >= 0.3 is 24.2 Å². The average molecular weight is 927 g/mol. The number of ether oxygens (including phenoxy) is 2. The van der Waals surface area contributed by atoms with Gasteiger partial charge in [0.25, 0.3) is 0 Å². The molecule has 5 aromatic rings. The predicted molar refractivity (Wildman–Crippen MR) is 245 cm³/mol. The Morgan fingerprint density at radius 2 is 1.55 bits per heavy atom. The quantitative estimate of drug-likeness (QED) is 0.0590. The number of rotatable bonds is 19. The number of aryl methyl sites for hydroxylation is 2. The number of thiophene rings is 1. The molecule has 1 fully saturated rings. The fourth-order valence-electron chi connectivity index (χ4n) is 7.31. The number of nitrogens with zero attached hydrogens (tertiary/aromatic N) is 3. The van der Waals surface area contributed by atoms with Crippen LogP contribution >= 0.6 is 11.3 Å². The number of urea groups is 1. The van der Waals surface area contributed by atoms with Gasteiger partial charge in [-0.05, 0) is 79.4 Å². The summed E-state index contributed by atoms with van der Waals surface area (Å²) in [5, 5.41) is 22.0. The first-order valence-corrected chi connectivity index (χ1v) is 22.2. The van der Waals surface area contributed by atoms with Gasteiger partial charge in [0.2, 0.25) is 17.2 Å².